The zero-order chi connectivity index (χ0) is 18.5. The van der Waals surface area contributed by atoms with Crippen molar-refractivity contribution in [3.05, 3.63) is 94.0 Å². The molecule has 0 aliphatic rings. The van der Waals surface area contributed by atoms with E-state index in [2.05, 4.69) is 10.6 Å². The maximum Gasteiger partial charge on any atom is 0.257 e. The number of rotatable bonds is 4. The van der Waals surface area contributed by atoms with E-state index < -0.39 is 5.91 Å². The Bertz CT molecular complexity index is 939. The molecule has 3 rings (SSSR count). The zero-order valence-electron chi connectivity index (χ0n) is 13.5. The number of para-hydroxylation sites is 2. The molecule has 0 unspecified atom stereocenters. The average molecular weight is 385 g/mol. The van der Waals surface area contributed by atoms with Crippen LogP contribution in [0.3, 0.4) is 0 Å². The molecule has 0 aliphatic carbocycles. The molecular formula is C20H14Cl2N2O2. The molecule has 0 radical (unpaired) electrons. The fraction of sp³-hybridized carbons (Fsp3) is 0. The molecule has 0 heterocycles. The van der Waals surface area contributed by atoms with Crippen LogP contribution in [0.25, 0.3) is 0 Å². The highest BCUT2D eigenvalue weighted by Crippen LogP contribution is 2.22. The van der Waals surface area contributed by atoms with Crippen molar-refractivity contribution in [3.8, 4) is 0 Å². The number of benzene rings is 3. The number of hydrogen-bond acceptors (Lipinski definition) is 2. The number of amides is 2. The summed E-state index contributed by atoms with van der Waals surface area (Å²) in [7, 11) is 0. The molecule has 0 aromatic heterocycles. The Hall–Kier alpha value is -2.82. The van der Waals surface area contributed by atoms with Gasteiger partial charge in [0.2, 0.25) is 0 Å². The molecular weight excluding hydrogens is 371 g/mol. The van der Waals surface area contributed by atoms with Gasteiger partial charge in [-0.1, -0.05) is 53.5 Å². The first-order chi connectivity index (χ1) is 12.5. The molecule has 2 N–H and O–H groups in total. The highest BCUT2D eigenvalue weighted by atomic mass is 35.5. The first kappa shape index (κ1) is 18.0. The summed E-state index contributed by atoms with van der Waals surface area (Å²) in [5.41, 5.74) is 1.71. The number of halogens is 2. The molecule has 0 atom stereocenters. The highest BCUT2D eigenvalue weighted by Gasteiger charge is 2.15. The number of carbonyl (C=O) groups excluding carboxylic acids is 2. The summed E-state index contributed by atoms with van der Waals surface area (Å²) in [6.07, 6.45) is 0. The molecule has 0 saturated heterocycles. The Balaban J connectivity index is 1.82. The number of carbonyl (C=O) groups is 2. The second kappa shape index (κ2) is 8.04. The van der Waals surface area contributed by atoms with Gasteiger partial charge in [-0.05, 0) is 42.5 Å². The monoisotopic (exact) mass is 384 g/mol. The zero-order valence-corrected chi connectivity index (χ0v) is 15.0. The third-order valence-corrected chi connectivity index (χ3v) is 4.01. The van der Waals surface area contributed by atoms with E-state index in [1.54, 1.807) is 42.5 Å². The molecule has 0 fully saturated rings. The summed E-state index contributed by atoms with van der Waals surface area (Å²) in [5, 5.41) is 6.25. The van der Waals surface area contributed by atoms with Gasteiger partial charge in [0, 0.05) is 21.3 Å². The Labute approximate surface area is 160 Å². The van der Waals surface area contributed by atoms with Crippen molar-refractivity contribution in [2.75, 3.05) is 10.6 Å². The summed E-state index contributed by atoms with van der Waals surface area (Å²) in [4.78, 5) is 25.0. The smallest absolute Gasteiger partial charge is 0.257 e. The largest absolute Gasteiger partial charge is 0.322 e. The second-order valence-electron chi connectivity index (χ2n) is 5.48. The molecule has 2 amide bonds. The normalized spacial score (nSPS) is 10.2. The lowest BCUT2D eigenvalue weighted by Crippen LogP contribution is -2.18. The van der Waals surface area contributed by atoms with Gasteiger partial charge in [-0.25, -0.2) is 0 Å². The highest BCUT2D eigenvalue weighted by molar-refractivity contribution is 6.35. The van der Waals surface area contributed by atoms with Gasteiger partial charge in [0.05, 0.1) is 11.3 Å². The van der Waals surface area contributed by atoms with E-state index in [9.17, 15) is 9.59 Å². The predicted octanol–water partition coefficient (Wildman–Crippen LogP) is 5.50. The van der Waals surface area contributed by atoms with Crippen LogP contribution in [0.2, 0.25) is 10.0 Å². The van der Waals surface area contributed by atoms with Crippen LogP contribution in [-0.4, -0.2) is 11.8 Å². The van der Waals surface area contributed by atoms with Crippen LogP contribution in [0.5, 0.6) is 0 Å². The molecule has 0 spiro atoms. The molecule has 130 valence electrons. The topological polar surface area (TPSA) is 58.2 Å². The molecule has 4 nitrogen and oxygen atoms in total. The van der Waals surface area contributed by atoms with Crippen LogP contribution in [0, 0.1) is 0 Å². The van der Waals surface area contributed by atoms with Crippen LogP contribution in [0.15, 0.2) is 72.8 Å². The predicted molar refractivity (Wildman–Crippen MR) is 105 cm³/mol. The quantitative estimate of drug-likeness (QED) is 0.623. The minimum atomic E-state index is -0.408. The number of anilines is 2. The fourth-order valence-corrected chi connectivity index (χ4v) is 2.92. The minimum absolute atomic E-state index is 0.306. The van der Waals surface area contributed by atoms with Gasteiger partial charge < -0.3 is 10.6 Å². The molecule has 0 saturated carbocycles. The molecule has 0 bridgehead atoms. The Morgan fingerprint density at radius 2 is 1.31 bits per heavy atom. The maximum atomic E-state index is 12.6. The average Bonchev–Trinajstić information content (AvgIpc) is 2.62. The maximum absolute atomic E-state index is 12.6. The Morgan fingerprint density at radius 1 is 0.692 bits per heavy atom. The molecule has 6 heteroatoms. The lowest BCUT2D eigenvalue weighted by Gasteiger charge is -2.12. The van der Waals surface area contributed by atoms with Crippen LogP contribution in [0.1, 0.15) is 20.7 Å². The van der Waals surface area contributed by atoms with Crippen LogP contribution < -0.4 is 10.6 Å². The molecule has 0 aliphatic heterocycles. The minimum Gasteiger partial charge on any atom is -0.322 e. The Morgan fingerprint density at radius 3 is 2.00 bits per heavy atom. The van der Waals surface area contributed by atoms with Gasteiger partial charge in [-0.15, -0.1) is 0 Å². The third kappa shape index (κ3) is 4.42. The van der Waals surface area contributed by atoms with Crippen LogP contribution in [-0.2, 0) is 0 Å². The third-order valence-electron chi connectivity index (χ3n) is 3.58. The molecule has 26 heavy (non-hydrogen) atoms. The van der Waals surface area contributed by atoms with Crippen molar-refractivity contribution >= 4 is 46.4 Å². The SMILES string of the molecule is O=C(Nc1ccccc1C(=O)Nc1ccccc1)c1cc(Cl)cc(Cl)c1. The first-order valence-electron chi connectivity index (χ1n) is 7.76. The van der Waals surface area contributed by atoms with Crippen molar-refractivity contribution < 1.29 is 9.59 Å². The van der Waals surface area contributed by atoms with E-state index in [0.29, 0.717) is 32.5 Å². The van der Waals surface area contributed by atoms with Crippen LogP contribution in [0.4, 0.5) is 11.4 Å². The lowest BCUT2D eigenvalue weighted by molar-refractivity contribution is 0.102. The molecule has 3 aromatic rings. The van der Waals surface area contributed by atoms with Gasteiger partial charge in [0.1, 0.15) is 0 Å². The second-order valence-corrected chi connectivity index (χ2v) is 6.35. The summed E-state index contributed by atoms with van der Waals surface area (Å²) >= 11 is 11.9. The van der Waals surface area contributed by atoms with Crippen molar-refractivity contribution in [1.29, 1.82) is 0 Å². The number of nitrogens with one attached hydrogen (secondary N) is 2. The summed E-state index contributed by atoms with van der Waals surface area (Å²) in [6.45, 7) is 0. The van der Waals surface area contributed by atoms with E-state index in [-0.39, 0.29) is 5.91 Å². The Kier molecular flexibility index (Phi) is 5.56. The van der Waals surface area contributed by atoms with Gasteiger partial charge >= 0.3 is 0 Å². The van der Waals surface area contributed by atoms with Crippen LogP contribution >= 0.6 is 23.2 Å². The van der Waals surface area contributed by atoms with Gasteiger partial charge in [-0.3, -0.25) is 9.59 Å². The van der Waals surface area contributed by atoms with Crippen molar-refractivity contribution in [1.82, 2.24) is 0 Å². The van der Waals surface area contributed by atoms with Gasteiger partial charge in [-0.2, -0.15) is 0 Å². The fourth-order valence-electron chi connectivity index (χ4n) is 2.39. The lowest BCUT2D eigenvalue weighted by atomic mass is 10.1. The summed E-state index contributed by atoms with van der Waals surface area (Å²) < 4.78 is 0. The first-order valence-corrected chi connectivity index (χ1v) is 8.51. The number of hydrogen-bond donors (Lipinski definition) is 2. The van der Waals surface area contributed by atoms with E-state index in [0.717, 1.165) is 0 Å². The van der Waals surface area contributed by atoms with E-state index in [1.165, 1.54) is 12.1 Å². The van der Waals surface area contributed by atoms with Gasteiger partial charge in [0.25, 0.3) is 11.8 Å². The van der Waals surface area contributed by atoms with Crippen molar-refractivity contribution in [2.45, 2.75) is 0 Å². The van der Waals surface area contributed by atoms with Gasteiger partial charge in [0.15, 0.2) is 0 Å². The summed E-state index contributed by atoms with van der Waals surface area (Å²) in [5.74, 6) is -0.731. The van der Waals surface area contributed by atoms with Crippen molar-refractivity contribution in [3.63, 3.8) is 0 Å². The van der Waals surface area contributed by atoms with E-state index in [1.807, 2.05) is 18.2 Å². The van der Waals surface area contributed by atoms with E-state index >= 15 is 0 Å². The van der Waals surface area contributed by atoms with Crippen molar-refractivity contribution in [2.24, 2.45) is 0 Å². The van der Waals surface area contributed by atoms with E-state index in [4.69, 9.17) is 23.2 Å². The summed E-state index contributed by atoms with van der Waals surface area (Å²) in [6, 6.07) is 20.4. The standard InChI is InChI=1S/C20H14Cl2N2O2/c21-14-10-13(11-15(22)12-14)19(25)24-18-9-5-4-8-17(18)20(26)23-16-6-2-1-3-7-16/h1-12H,(H,23,26)(H,24,25). The molecule has 3 aromatic carbocycles.